The standard InChI is InChI=1S/C28H32ClN3O5/c1-16(2)36-27(35)32-12-9-19(10-13-32)37-23-7-4-17(3)14-20(23)25-28(11-8-24(33)31-25)21-6-5-18(29)15-22(21)30-26(28)34/h4-7,14-16,19,25H,8-13H2,1-3H3,(H,30,34)(H,31,33)/t25-,28-/m1/s1. The van der Waals surface area contributed by atoms with Gasteiger partial charge in [-0.25, -0.2) is 4.79 Å². The van der Waals surface area contributed by atoms with Crippen molar-refractivity contribution < 1.29 is 23.9 Å². The van der Waals surface area contributed by atoms with Crippen LogP contribution in [0.4, 0.5) is 10.5 Å². The minimum atomic E-state index is -0.969. The highest BCUT2D eigenvalue weighted by Gasteiger charge is 2.56. The van der Waals surface area contributed by atoms with Crippen LogP contribution in [0.2, 0.25) is 5.02 Å². The summed E-state index contributed by atoms with van der Waals surface area (Å²) in [6, 6.07) is 10.7. The van der Waals surface area contributed by atoms with Crippen LogP contribution < -0.4 is 15.4 Å². The van der Waals surface area contributed by atoms with Crippen LogP contribution in [-0.2, 0) is 19.7 Å². The zero-order chi connectivity index (χ0) is 26.3. The highest BCUT2D eigenvalue weighted by molar-refractivity contribution is 6.31. The molecule has 3 heterocycles. The van der Waals surface area contributed by atoms with Crippen molar-refractivity contribution in [1.29, 1.82) is 0 Å². The third-order valence-electron chi connectivity index (χ3n) is 7.47. The van der Waals surface area contributed by atoms with Crippen LogP contribution in [0.15, 0.2) is 36.4 Å². The van der Waals surface area contributed by atoms with Crippen molar-refractivity contribution in [3.8, 4) is 5.75 Å². The second-order valence-electron chi connectivity index (χ2n) is 10.4. The molecule has 2 fully saturated rings. The van der Waals surface area contributed by atoms with E-state index in [4.69, 9.17) is 21.1 Å². The number of nitrogens with one attached hydrogen (secondary N) is 2. The van der Waals surface area contributed by atoms with Gasteiger partial charge in [-0.05, 0) is 51.0 Å². The number of carbonyl (C=O) groups excluding carboxylic acids is 3. The fourth-order valence-corrected chi connectivity index (χ4v) is 5.84. The minimum Gasteiger partial charge on any atom is -0.490 e. The number of ether oxygens (including phenoxy) is 2. The Labute approximate surface area is 221 Å². The molecule has 196 valence electrons. The van der Waals surface area contributed by atoms with Crippen molar-refractivity contribution >= 4 is 35.2 Å². The summed E-state index contributed by atoms with van der Waals surface area (Å²) >= 11 is 6.21. The fraction of sp³-hybridized carbons (Fsp3) is 0.464. The van der Waals surface area contributed by atoms with Crippen LogP contribution in [0.1, 0.15) is 62.3 Å². The van der Waals surface area contributed by atoms with Gasteiger partial charge in [-0.15, -0.1) is 0 Å². The molecule has 2 aromatic rings. The predicted molar refractivity (Wildman–Crippen MR) is 140 cm³/mol. The number of likely N-dealkylation sites (tertiary alicyclic amines) is 1. The van der Waals surface area contributed by atoms with Gasteiger partial charge in [0.15, 0.2) is 0 Å². The fourth-order valence-electron chi connectivity index (χ4n) is 5.67. The molecule has 1 spiro atoms. The molecule has 8 nitrogen and oxygen atoms in total. The highest BCUT2D eigenvalue weighted by atomic mass is 35.5. The molecule has 0 radical (unpaired) electrons. The van der Waals surface area contributed by atoms with E-state index in [9.17, 15) is 14.4 Å². The summed E-state index contributed by atoms with van der Waals surface area (Å²) < 4.78 is 11.8. The van der Waals surface area contributed by atoms with Crippen LogP contribution >= 0.6 is 11.6 Å². The number of hydrogen-bond acceptors (Lipinski definition) is 5. The van der Waals surface area contributed by atoms with Gasteiger partial charge in [0.05, 0.1) is 12.1 Å². The van der Waals surface area contributed by atoms with Gasteiger partial charge in [0.1, 0.15) is 17.3 Å². The number of rotatable bonds is 4. The van der Waals surface area contributed by atoms with E-state index < -0.39 is 11.5 Å². The van der Waals surface area contributed by atoms with E-state index in [2.05, 4.69) is 10.6 Å². The number of aryl methyl sites for hydroxylation is 1. The molecule has 0 aliphatic carbocycles. The Morgan fingerprint density at radius 2 is 1.89 bits per heavy atom. The maximum Gasteiger partial charge on any atom is 0.410 e. The molecule has 0 aromatic heterocycles. The summed E-state index contributed by atoms with van der Waals surface area (Å²) in [5, 5.41) is 6.64. The van der Waals surface area contributed by atoms with E-state index in [0.717, 1.165) is 16.7 Å². The summed E-state index contributed by atoms with van der Waals surface area (Å²) in [4.78, 5) is 40.2. The molecule has 0 bridgehead atoms. The summed E-state index contributed by atoms with van der Waals surface area (Å²) in [6.07, 6.45) is 1.37. The summed E-state index contributed by atoms with van der Waals surface area (Å²) in [5.74, 6) is 0.380. The topological polar surface area (TPSA) is 97.0 Å². The average molecular weight is 526 g/mol. The largest absolute Gasteiger partial charge is 0.490 e. The Bertz CT molecular complexity index is 1240. The number of carbonyl (C=O) groups is 3. The Hall–Kier alpha value is -3.26. The quantitative estimate of drug-likeness (QED) is 0.593. The van der Waals surface area contributed by atoms with Gasteiger partial charge in [0.2, 0.25) is 11.8 Å². The van der Waals surface area contributed by atoms with E-state index in [0.29, 0.717) is 48.8 Å². The molecule has 3 amide bonds. The monoisotopic (exact) mass is 525 g/mol. The Kier molecular flexibility index (Phi) is 6.79. The smallest absolute Gasteiger partial charge is 0.410 e. The predicted octanol–water partition coefficient (Wildman–Crippen LogP) is 4.88. The lowest BCUT2D eigenvalue weighted by Crippen LogP contribution is -2.52. The first-order chi connectivity index (χ1) is 17.7. The van der Waals surface area contributed by atoms with Crippen LogP contribution in [0.25, 0.3) is 0 Å². The number of anilines is 1. The van der Waals surface area contributed by atoms with E-state index in [1.165, 1.54) is 0 Å². The van der Waals surface area contributed by atoms with Crippen LogP contribution in [0, 0.1) is 6.92 Å². The van der Waals surface area contributed by atoms with Gasteiger partial charge in [0.25, 0.3) is 0 Å². The first-order valence-electron chi connectivity index (χ1n) is 12.8. The molecule has 0 saturated carbocycles. The molecule has 3 aliphatic heterocycles. The number of piperidine rings is 2. The summed E-state index contributed by atoms with van der Waals surface area (Å²) in [7, 11) is 0. The third kappa shape index (κ3) is 4.75. The maximum atomic E-state index is 13.6. The van der Waals surface area contributed by atoms with Crippen LogP contribution in [0.5, 0.6) is 5.75 Å². The van der Waals surface area contributed by atoms with Crippen LogP contribution in [0.3, 0.4) is 0 Å². The molecule has 37 heavy (non-hydrogen) atoms. The molecule has 2 saturated heterocycles. The lowest BCUT2D eigenvalue weighted by Gasteiger charge is -2.41. The van der Waals surface area contributed by atoms with Gasteiger partial charge in [-0.1, -0.05) is 35.4 Å². The van der Waals surface area contributed by atoms with Crippen molar-refractivity contribution in [2.24, 2.45) is 0 Å². The highest BCUT2D eigenvalue weighted by Crippen LogP contribution is 2.52. The second kappa shape index (κ2) is 9.89. The third-order valence-corrected chi connectivity index (χ3v) is 7.70. The first kappa shape index (κ1) is 25.4. The lowest BCUT2D eigenvalue weighted by molar-refractivity contribution is -0.130. The molecular formula is C28H32ClN3O5. The van der Waals surface area contributed by atoms with Crippen molar-refractivity contribution in [1.82, 2.24) is 10.2 Å². The minimum absolute atomic E-state index is 0.102. The van der Waals surface area contributed by atoms with Crippen molar-refractivity contribution in [2.45, 2.75) is 70.1 Å². The van der Waals surface area contributed by atoms with Crippen molar-refractivity contribution in [2.75, 3.05) is 18.4 Å². The Morgan fingerprint density at radius 1 is 1.14 bits per heavy atom. The van der Waals surface area contributed by atoms with Gasteiger partial charge in [0, 0.05) is 48.6 Å². The Morgan fingerprint density at radius 3 is 2.62 bits per heavy atom. The van der Waals surface area contributed by atoms with E-state index in [1.54, 1.807) is 17.0 Å². The van der Waals surface area contributed by atoms with Gasteiger partial charge >= 0.3 is 6.09 Å². The maximum absolute atomic E-state index is 13.6. The molecule has 3 aliphatic rings. The zero-order valence-electron chi connectivity index (χ0n) is 21.3. The molecule has 9 heteroatoms. The van der Waals surface area contributed by atoms with E-state index in [-0.39, 0.29) is 36.5 Å². The van der Waals surface area contributed by atoms with Gasteiger partial charge in [-0.2, -0.15) is 0 Å². The second-order valence-corrected chi connectivity index (χ2v) is 10.8. The molecule has 2 aromatic carbocycles. The number of nitrogens with zero attached hydrogens (tertiary/aromatic N) is 1. The van der Waals surface area contributed by atoms with Crippen molar-refractivity contribution in [3.05, 3.63) is 58.1 Å². The molecule has 5 rings (SSSR count). The zero-order valence-corrected chi connectivity index (χ0v) is 22.1. The van der Waals surface area contributed by atoms with E-state index >= 15 is 0 Å². The molecule has 0 unspecified atom stereocenters. The lowest BCUT2D eigenvalue weighted by atomic mass is 9.67. The SMILES string of the molecule is Cc1ccc(OC2CCN(C(=O)OC(C)C)CC2)c([C@H]2NC(=O)CC[C@]23C(=O)Nc2cc(Cl)ccc23)c1. The average Bonchev–Trinajstić information content (AvgIpc) is 3.12. The number of benzene rings is 2. The number of fused-ring (bicyclic) bond motifs is 2. The van der Waals surface area contributed by atoms with Gasteiger partial charge < -0.3 is 25.0 Å². The van der Waals surface area contributed by atoms with E-state index in [1.807, 2.05) is 45.0 Å². The number of halogens is 1. The van der Waals surface area contributed by atoms with Crippen LogP contribution in [-0.4, -0.2) is 48.1 Å². The normalized spacial score (nSPS) is 23.6. The van der Waals surface area contributed by atoms with Crippen molar-refractivity contribution in [3.63, 3.8) is 0 Å². The molecular weight excluding hydrogens is 494 g/mol. The molecule has 2 atom stereocenters. The molecule has 2 N–H and O–H groups in total. The first-order valence-corrected chi connectivity index (χ1v) is 13.2. The summed E-state index contributed by atoms with van der Waals surface area (Å²) in [6.45, 7) is 6.73. The van der Waals surface area contributed by atoms with Gasteiger partial charge in [-0.3, -0.25) is 9.59 Å². The Balaban J connectivity index is 1.44. The summed E-state index contributed by atoms with van der Waals surface area (Å²) in [5.41, 5.74) is 2.31. The number of hydrogen-bond donors (Lipinski definition) is 2. The number of amides is 3.